The summed E-state index contributed by atoms with van der Waals surface area (Å²) in [5.74, 6) is -0.323. The van der Waals surface area contributed by atoms with E-state index in [1.54, 1.807) is 30.0 Å². The number of carbonyl (C=O) groups excluding carboxylic acids is 2. The van der Waals surface area contributed by atoms with Gasteiger partial charge in [0.05, 0.1) is 36.7 Å². The van der Waals surface area contributed by atoms with Crippen molar-refractivity contribution in [2.24, 2.45) is 5.92 Å². The first-order valence-corrected chi connectivity index (χ1v) is 16.3. The summed E-state index contributed by atoms with van der Waals surface area (Å²) >= 11 is 0. The van der Waals surface area contributed by atoms with Gasteiger partial charge in [-0.15, -0.1) is 0 Å². The Morgan fingerprint density at radius 1 is 1.22 bits per heavy atom. The van der Waals surface area contributed by atoms with Gasteiger partial charge >= 0.3 is 0 Å². The number of hydrogen-bond acceptors (Lipinski definition) is 8. The fourth-order valence-electron chi connectivity index (χ4n) is 4.63. The van der Waals surface area contributed by atoms with E-state index in [2.05, 4.69) is 5.32 Å². The number of aliphatic hydroxyl groups excluding tert-OH is 1. The van der Waals surface area contributed by atoms with E-state index in [0.29, 0.717) is 36.4 Å². The van der Waals surface area contributed by atoms with Crippen LogP contribution in [-0.2, 0) is 19.6 Å². The predicted octanol–water partition coefficient (Wildman–Crippen LogP) is 2.65. The Hall–Kier alpha value is -2.25. The summed E-state index contributed by atoms with van der Waals surface area (Å²) in [6.45, 7) is 6.97. The van der Waals surface area contributed by atoms with Gasteiger partial charge in [-0.2, -0.15) is 0 Å². The standard InChI is InChI=1S/C29H50N4O7S/c1-21-18-33(22(2)20-34)29(36)25-17-24(30-28(35)12-10-15-31(4)5)13-14-26(25)40-23(3)11-8-9-16-39-27(21)19-32(6)41(7,37)38/h13-14,17,21-23,27,34H,8-12,15-16,18-20H2,1-7H3,(H,30,35)/t21-,22+,23-,27-/m1/s1. The maximum Gasteiger partial charge on any atom is 0.258 e. The predicted molar refractivity (Wildman–Crippen MR) is 161 cm³/mol. The first-order chi connectivity index (χ1) is 19.2. The number of fused-ring (bicyclic) bond motifs is 1. The second-order valence-corrected chi connectivity index (χ2v) is 13.6. The van der Waals surface area contributed by atoms with Crippen LogP contribution >= 0.6 is 0 Å². The van der Waals surface area contributed by atoms with Gasteiger partial charge in [0.25, 0.3) is 5.91 Å². The molecule has 0 aliphatic carbocycles. The zero-order chi connectivity index (χ0) is 30.7. The lowest BCUT2D eigenvalue weighted by atomic mass is 10.0. The Morgan fingerprint density at radius 3 is 2.56 bits per heavy atom. The lowest BCUT2D eigenvalue weighted by molar-refractivity contribution is -0.116. The van der Waals surface area contributed by atoms with Crippen LogP contribution in [0.4, 0.5) is 5.69 Å². The van der Waals surface area contributed by atoms with E-state index in [1.165, 1.54) is 11.4 Å². The van der Waals surface area contributed by atoms with Crippen LogP contribution in [-0.4, -0.2) is 118 Å². The number of amides is 2. The number of nitrogens with one attached hydrogen (secondary N) is 1. The minimum Gasteiger partial charge on any atom is -0.490 e. The van der Waals surface area contributed by atoms with Crippen LogP contribution in [0.1, 0.15) is 63.2 Å². The first kappa shape index (κ1) is 34.9. The molecule has 0 unspecified atom stereocenters. The smallest absolute Gasteiger partial charge is 0.258 e. The fourth-order valence-corrected chi connectivity index (χ4v) is 5.05. The van der Waals surface area contributed by atoms with Crippen molar-refractivity contribution in [3.8, 4) is 5.75 Å². The van der Waals surface area contributed by atoms with Crippen molar-refractivity contribution in [3.63, 3.8) is 0 Å². The molecule has 0 saturated heterocycles. The van der Waals surface area contributed by atoms with E-state index in [1.807, 2.05) is 32.8 Å². The van der Waals surface area contributed by atoms with Crippen molar-refractivity contribution < 1.29 is 32.6 Å². The van der Waals surface area contributed by atoms with Crippen LogP contribution < -0.4 is 10.1 Å². The number of sulfonamides is 1. The molecule has 2 rings (SSSR count). The minimum atomic E-state index is -3.42. The Morgan fingerprint density at radius 2 is 1.93 bits per heavy atom. The molecule has 234 valence electrons. The number of aliphatic hydroxyl groups is 1. The van der Waals surface area contributed by atoms with Gasteiger partial charge in [-0.25, -0.2) is 12.7 Å². The molecular weight excluding hydrogens is 548 g/mol. The van der Waals surface area contributed by atoms with E-state index >= 15 is 0 Å². The summed E-state index contributed by atoms with van der Waals surface area (Å²) in [6.07, 6.45) is 3.93. The molecule has 4 atom stereocenters. The van der Waals surface area contributed by atoms with Crippen LogP contribution in [0.5, 0.6) is 5.75 Å². The summed E-state index contributed by atoms with van der Waals surface area (Å²) in [5.41, 5.74) is 0.781. The minimum absolute atomic E-state index is 0.140. The number of rotatable bonds is 10. The number of carbonyl (C=O) groups is 2. The largest absolute Gasteiger partial charge is 0.490 e. The number of hydrogen-bond donors (Lipinski definition) is 2. The molecule has 0 spiro atoms. The van der Waals surface area contributed by atoms with Gasteiger partial charge in [-0.3, -0.25) is 9.59 Å². The molecular formula is C29H50N4O7S. The fraction of sp³-hybridized carbons (Fsp3) is 0.724. The third-order valence-electron chi connectivity index (χ3n) is 7.35. The summed E-state index contributed by atoms with van der Waals surface area (Å²) in [4.78, 5) is 30.3. The average Bonchev–Trinajstić information content (AvgIpc) is 2.89. The summed E-state index contributed by atoms with van der Waals surface area (Å²) in [6, 6.07) is 4.55. The summed E-state index contributed by atoms with van der Waals surface area (Å²) in [5, 5.41) is 13.0. The highest BCUT2D eigenvalue weighted by molar-refractivity contribution is 7.88. The van der Waals surface area contributed by atoms with Crippen molar-refractivity contribution in [1.82, 2.24) is 14.1 Å². The molecule has 1 aromatic carbocycles. The molecule has 0 aromatic heterocycles. The highest BCUT2D eigenvalue weighted by Crippen LogP contribution is 2.28. The molecule has 12 heteroatoms. The Kier molecular flexibility index (Phi) is 14.0. The Labute approximate surface area is 246 Å². The third-order valence-corrected chi connectivity index (χ3v) is 8.63. The summed E-state index contributed by atoms with van der Waals surface area (Å²) < 4.78 is 37.9. The van der Waals surface area contributed by atoms with Crippen LogP contribution in [0.15, 0.2) is 18.2 Å². The van der Waals surface area contributed by atoms with Gasteiger partial charge in [0.15, 0.2) is 0 Å². The molecule has 1 aliphatic heterocycles. The summed E-state index contributed by atoms with van der Waals surface area (Å²) in [7, 11) is 2.00. The van der Waals surface area contributed by atoms with Crippen molar-refractivity contribution >= 4 is 27.5 Å². The molecule has 1 aliphatic rings. The van der Waals surface area contributed by atoms with E-state index in [0.717, 1.165) is 32.1 Å². The second-order valence-electron chi connectivity index (χ2n) is 11.5. The van der Waals surface area contributed by atoms with Gasteiger partial charge in [0.2, 0.25) is 15.9 Å². The van der Waals surface area contributed by atoms with E-state index < -0.39 is 22.2 Å². The van der Waals surface area contributed by atoms with Crippen molar-refractivity contribution in [2.75, 3.05) is 65.6 Å². The van der Waals surface area contributed by atoms with Crippen LogP contribution in [0.3, 0.4) is 0 Å². The lowest BCUT2D eigenvalue weighted by Gasteiger charge is -2.35. The molecule has 1 aromatic rings. The van der Waals surface area contributed by atoms with Crippen molar-refractivity contribution in [3.05, 3.63) is 23.8 Å². The average molecular weight is 599 g/mol. The van der Waals surface area contributed by atoms with E-state index in [-0.39, 0.29) is 43.5 Å². The normalized spacial score (nSPS) is 22.1. The van der Waals surface area contributed by atoms with E-state index in [9.17, 15) is 23.1 Å². The van der Waals surface area contributed by atoms with Gasteiger partial charge in [0, 0.05) is 44.8 Å². The Bertz CT molecular complexity index is 1100. The maximum absolute atomic E-state index is 14.1. The maximum atomic E-state index is 14.1. The van der Waals surface area contributed by atoms with Crippen LogP contribution in [0.2, 0.25) is 0 Å². The topological polar surface area (TPSA) is 129 Å². The van der Waals surface area contributed by atoms with Gasteiger partial charge < -0.3 is 29.7 Å². The highest BCUT2D eigenvalue weighted by atomic mass is 32.2. The van der Waals surface area contributed by atoms with Crippen molar-refractivity contribution in [1.29, 1.82) is 0 Å². The molecule has 1 heterocycles. The zero-order valence-corrected chi connectivity index (χ0v) is 26.6. The number of likely N-dealkylation sites (N-methyl/N-ethyl adjacent to an activating group) is 1. The third kappa shape index (κ3) is 11.5. The monoisotopic (exact) mass is 598 g/mol. The van der Waals surface area contributed by atoms with Gasteiger partial charge in [-0.1, -0.05) is 6.92 Å². The molecule has 11 nitrogen and oxygen atoms in total. The van der Waals surface area contributed by atoms with Gasteiger partial charge in [0.1, 0.15) is 5.75 Å². The number of nitrogens with zero attached hydrogens (tertiary/aromatic N) is 3. The van der Waals surface area contributed by atoms with Crippen molar-refractivity contribution in [2.45, 2.75) is 71.1 Å². The zero-order valence-electron chi connectivity index (χ0n) is 25.8. The number of ether oxygens (including phenoxy) is 2. The van der Waals surface area contributed by atoms with E-state index in [4.69, 9.17) is 9.47 Å². The van der Waals surface area contributed by atoms with Gasteiger partial charge in [-0.05, 0) is 78.4 Å². The molecule has 0 bridgehead atoms. The lowest BCUT2D eigenvalue weighted by Crippen LogP contribution is -2.47. The number of anilines is 1. The molecule has 41 heavy (non-hydrogen) atoms. The molecule has 2 N–H and O–H groups in total. The quantitative estimate of drug-likeness (QED) is 0.421. The Balaban J connectivity index is 2.43. The molecule has 0 saturated carbocycles. The first-order valence-electron chi connectivity index (χ1n) is 14.4. The molecule has 2 amide bonds. The molecule has 0 radical (unpaired) electrons. The second kappa shape index (κ2) is 16.4. The number of benzene rings is 1. The van der Waals surface area contributed by atoms with Crippen LogP contribution in [0.25, 0.3) is 0 Å². The van der Waals surface area contributed by atoms with Crippen LogP contribution in [0, 0.1) is 5.92 Å². The SMILES string of the molecule is C[C@@H]1CCCCO[C@H](CN(C)S(C)(=O)=O)[C@H](C)CN([C@@H](C)CO)C(=O)c2cc(NC(=O)CCCN(C)C)ccc2O1. The highest BCUT2D eigenvalue weighted by Gasteiger charge is 2.31. The molecule has 0 fully saturated rings.